The van der Waals surface area contributed by atoms with E-state index in [1.807, 2.05) is 12.2 Å². The summed E-state index contributed by atoms with van der Waals surface area (Å²) in [6.07, 6.45) is 23.2. The molecule has 0 saturated carbocycles. The molecule has 3 heteroatoms. The van der Waals surface area contributed by atoms with Crippen LogP contribution in [0.3, 0.4) is 0 Å². The van der Waals surface area contributed by atoms with Crippen molar-refractivity contribution in [1.29, 1.82) is 0 Å². The second-order valence-corrected chi connectivity index (χ2v) is 12.5. The lowest BCUT2D eigenvalue weighted by Gasteiger charge is -2.38. The van der Waals surface area contributed by atoms with Crippen molar-refractivity contribution in [2.45, 2.75) is 116 Å². The molecule has 0 radical (unpaired) electrons. The average molecular weight is 447 g/mol. The molecule has 2 aliphatic rings. The maximum absolute atomic E-state index is 11.2. The van der Waals surface area contributed by atoms with Crippen LogP contribution in [0.5, 0.6) is 0 Å². The lowest BCUT2D eigenvalue weighted by Crippen LogP contribution is -2.35. The molecule has 0 spiro atoms. The van der Waals surface area contributed by atoms with Gasteiger partial charge >= 0.3 is 0 Å². The van der Waals surface area contributed by atoms with Gasteiger partial charge < -0.3 is 10.2 Å². The molecule has 0 saturated heterocycles. The van der Waals surface area contributed by atoms with Gasteiger partial charge in [-0.2, -0.15) is 0 Å². The molecule has 0 aliphatic heterocycles. The van der Waals surface area contributed by atoms with Crippen molar-refractivity contribution in [3.05, 3.63) is 47.6 Å². The van der Waals surface area contributed by atoms with Gasteiger partial charge in [0.15, 0.2) is 0 Å². The summed E-state index contributed by atoms with van der Waals surface area (Å²) < 4.78 is 0. The first-order chi connectivity index (χ1) is 14.5. The van der Waals surface area contributed by atoms with Crippen molar-refractivity contribution in [2.24, 2.45) is 10.8 Å². The van der Waals surface area contributed by atoms with Crippen LogP contribution < -0.4 is 0 Å². The summed E-state index contributed by atoms with van der Waals surface area (Å²) in [6.45, 7) is 13.6. The van der Waals surface area contributed by atoms with Gasteiger partial charge in [-0.1, -0.05) is 116 Å². The summed E-state index contributed by atoms with van der Waals surface area (Å²) in [4.78, 5) is -2.13. The highest BCUT2D eigenvalue weighted by molar-refractivity contribution is 8.01. The highest BCUT2D eigenvalue weighted by atomic mass is 32.2. The van der Waals surface area contributed by atoms with E-state index in [-0.39, 0.29) is 10.8 Å². The van der Waals surface area contributed by atoms with Crippen LogP contribution in [0.2, 0.25) is 0 Å². The maximum atomic E-state index is 11.2. The van der Waals surface area contributed by atoms with Crippen molar-refractivity contribution in [2.75, 3.05) is 0 Å². The highest BCUT2D eigenvalue weighted by Crippen LogP contribution is 2.47. The Morgan fingerprint density at radius 2 is 1.13 bits per heavy atom. The lowest BCUT2D eigenvalue weighted by atomic mass is 9.77. The zero-order valence-corrected chi connectivity index (χ0v) is 21.7. The Hall–Kier alpha value is -0.770. The van der Waals surface area contributed by atoms with Crippen LogP contribution in [0.1, 0.15) is 106 Å². The Morgan fingerprint density at radius 3 is 1.42 bits per heavy atom. The Kier molecular flexibility index (Phi) is 9.31. The van der Waals surface area contributed by atoms with Crippen molar-refractivity contribution in [1.82, 2.24) is 0 Å². The number of allylic oxidation sites excluding steroid dienone is 4. The van der Waals surface area contributed by atoms with Crippen molar-refractivity contribution >= 4 is 11.8 Å². The minimum atomic E-state index is -1.07. The number of unbranched alkanes of at least 4 members (excludes halogenated alkanes) is 4. The topological polar surface area (TPSA) is 40.5 Å². The number of aliphatic hydroxyl groups is 2. The van der Waals surface area contributed by atoms with Crippen LogP contribution >= 0.6 is 11.8 Å². The third-order valence-corrected chi connectivity index (χ3v) is 8.32. The van der Waals surface area contributed by atoms with Gasteiger partial charge in [0.2, 0.25) is 0 Å². The fourth-order valence-electron chi connectivity index (χ4n) is 4.61. The van der Waals surface area contributed by atoms with Crippen LogP contribution in [0.15, 0.2) is 47.6 Å². The van der Waals surface area contributed by atoms with Gasteiger partial charge in [0.05, 0.1) is 0 Å². The second kappa shape index (κ2) is 10.9. The monoisotopic (exact) mass is 446 g/mol. The summed E-state index contributed by atoms with van der Waals surface area (Å²) in [5.74, 6) is 0. The van der Waals surface area contributed by atoms with Crippen molar-refractivity contribution in [3.63, 3.8) is 0 Å². The van der Waals surface area contributed by atoms with Crippen molar-refractivity contribution < 1.29 is 10.2 Å². The number of hydrogen-bond donors (Lipinski definition) is 2. The molecule has 2 N–H and O–H groups in total. The zero-order chi connectivity index (χ0) is 23.2. The predicted molar refractivity (Wildman–Crippen MR) is 137 cm³/mol. The fraction of sp³-hybridized carbons (Fsp3) is 0.714. The van der Waals surface area contributed by atoms with E-state index in [2.05, 4.69) is 65.8 Å². The molecule has 0 fully saturated rings. The highest BCUT2D eigenvalue weighted by Gasteiger charge is 2.39. The summed E-state index contributed by atoms with van der Waals surface area (Å²) in [6, 6.07) is 0. The van der Waals surface area contributed by atoms with Crippen LogP contribution in [0.4, 0.5) is 0 Å². The molecule has 0 bridgehead atoms. The Bertz CT molecular complexity index is 653. The fourth-order valence-corrected chi connectivity index (χ4v) is 5.83. The molecule has 31 heavy (non-hydrogen) atoms. The number of thioether (sulfide) groups is 1. The third-order valence-electron chi connectivity index (χ3n) is 7.00. The minimum absolute atomic E-state index is 0.125. The molecule has 2 rings (SSSR count). The molecule has 176 valence electrons. The molecule has 2 nitrogen and oxygen atoms in total. The largest absolute Gasteiger partial charge is 0.375 e. The van der Waals surface area contributed by atoms with E-state index < -0.39 is 9.87 Å². The summed E-state index contributed by atoms with van der Waals surface area (Å²) in [5, 5.41) is 22.3. The average Bonchev–Trinajstić information content (AvgIpc) is 2.68. The van der Waals surface area contributed by atoms with E-state index >= 15 is 0 Å². The first-order valence-electron chi connectivity index (χ1n) is 12.4. The van der Waals surface area contributed by atoms with E-state index in [0.717, 1.165) is 12.8 Å². The third kappa shape index (κ3) is 7.65. The van der Waals surface area contributed by atoms with E-state index in [0.29, 0.717) is 12.8 Å². The van der Waals surface area contributed by atoms with Gasteiger partial charge in [-0.3, -0.25) is 0 Å². The van der Waals surface area contributed by atoms with Crippen LogP contribution in [-0.2, 0) is 0 Å². The zero-order valence-electron chi connectivity index (χ0n) is 20.8. The molecule has 2 aliphatic carbocycles. The number of hydrogen-bond acceptors (Lipinski definition) is 3. The molecule has 0 heterocycles. The van der Waals surface area contributed by atoms with E-state index in [9.17, 15) is 10.2 Å². The summed E-state index contributed by atoms with van der Waals surface area (Å²) in [7, 11) is 0. The van der Waals surface area contributed by atoms with E-state index in [4.69, 9.17) is 0 Å². The van der Waals surface area contributed by atoms with E-state index in [1.54, 1.807) is 0 Å². The molecule has 0 aromatic rings. The van der Waals surface area contributed by atoms with Crippen molar-refractivity contribution in [3.8, 4) is 0 Å². The molecule has 0 amide bonds. The van der Waals surface area contributed by atoms with Gasteiger partial charge in [0, 0.05) is 12.8 Å². The van der Waals surface area contributed by atoms with Crippen LogP contribution in [0.25, 0.3) is 0 Å². The molecule has 0 aromatic carbocycles. The van der Waals surface area contributed by atoms with Gasteiger partial charge in [0.25, 0.3) is 0 Å². The Balaban J connectivity index is 1.97. The van der Waals surface area contributed by atoms with Gasteiger partial charge in [-0.05, 0) is 47.0 Å². The molecule has 0 unspecified atom stereocenters. The standard InChI is InChI=1S/C28H46O2S/c1-7-9-11-17-25(3,4)23-13-19-27(29,20-14-23)31-28(30)21-15-24(16-22-28)26(5,6)18-12-10-8-2/h13-16,19,21,29-30H,7-12,17-18,20,22H2,1-6H3/t27-,28-/m0/s1. The van der Waals surface area contributed by atoms with E-state index in [1.165, 1.54) is 61.4 Å². The smallest absolute Gasteiger partial charge is 0.135 e. The second-order valence-electron chi connectivity index (χ2n) is 10.9. The molecular weight excluding hydrogens is 400 g/mol. The SMILES string of the molecule is CCCCCC(C)(C)C1=CC[C@@](O)(S[C@@]2(O)C=CC(C(C)(C)CCCCC)=CC2)C=C1. The Labute approximate surface area is 196 Å². The normalized spacial score (nSPS) is 26.7. The van der Waals surface area contributed by atoms with Crippen LogP contribution in [-0.4, -0.2) is 20.1 Å². The first-order valence-corrected chi connectivity index (χ1v) is 13.2. The van der Waals surface area contributed by atoms with Gasteiger partial charge in [-0.25, -0.2) is 0 Å². The van der Waals surface area contributed by atoms with Gasteiger partial charge in [-0.15, -0.1) is 0 Å². The quantitative estimate of drug-likeness (QED) is 0.235. The minimum Gasteiger partial charge on any atom is -0.375 e. The predicted octanol–water partition coefficient (Wildman–Crippen LogP) is 8.08. The molecule has 2 atom stereocenters. The molecular formula is C28H46O2S. The number of rotatable bonds is 12. The van der Waals surface area contributed by atoms with Crippen LogP contribution in [0, 0.1) is 10.8 Å². The maximum Gasteiger partial charge on any atom is 0.135 e. The summed E-state index contributed by atoms with van der Waals surface area (Å²) >= 11 is 1.26. The Morgan fingerprint density at radius 1 is 0.742 bits per heavy atom. The summed E-state index contributed by atoms with van der Waals surface area (Å²) in [5.41, 5.74) is 2.85. The first kappa shape index (κ1) is 26.5. The molecule has 0 aromatic heterocycles. The lowest BCUT2D eigenvalue weighted by molar-refractivity contribution is 0.155. The van der Waals surface area contributed by atoms with Gasteiger partial charge in [0.1, 0.15) is 9.87 Å².